The summed E-state index contributed by atoms with van der Waals surface area (Å²) in [5, 5.41) is 9.39. The molecule has 3 aromatic heterocycles. The highest BCUT2D eigenvalue weighted by Crippen LogP contribution is 2.23. The molecule has 7 heteroatoms. The molecule has 0 aromatic carbocycles. The summed E-state index contributed by atoms with van der Waals surface area (Å²) in [6, 6.07) is 7.60. The molecule has 1 atom stereocenters. The standard InChI is InChI=1S/C17H19N5OS/c1-10-8-15(19-13(4)18-10)22-16(9-11(2)21-22)20-17(23)12(3)14-6-5-7-24-14/h5-9,12H,1-4H3,(H,20,23)/t12-/m0/s1. The first kappa shape index (κ1) is 16.3. The zero-order valence-corrected chi connectivity index (χ0v) is 14.9. The van der Waals surface area contributed by atoms with Crippen LogP contribution in [0.15, 0.2) is 29.6 Å². The number of hydrogen-bond acceptors (Lipinski definition) is 5. The van der Waals surface area contributed by atoms with Gasteiger partial charge >= 0.3 is 0 Å². The molecule has 3 rings (SSSR count). The largest absolute Gasteiger partial charge is 0.310 e. The van der Waals surface area contributed by atoms with Crippen molar-refractivity contribution in [3.8, 4) is 5.82 Å². The summed E-state index contributed by atoms with van der Waals surface area (Å²) in [5.41, 5.74) is 1.66. The van der Waals surface area contributed by atoms with Gasteiger partial charge in [-0.15, -0.1) is 11.3 Å². The highest BCUT2D eigenvalue weighted by Gasteiger charge is 2.19. The minimum atomic E-state index is -0.220. The lowest BCUT2D eigenvalue weighted by molar-refractivity contribution is -0.117. The number of hydrogen-bond donors (Lipinski definition) is 1. The van der Waals surface area contributed by atoms with Crippen LogP contribution in [-0.4, -0.2) is 25.7 Å². The van der Waals surface area contributed by atoms with Crippen LogP contribution in [0.4, 0.5) is 5.82 Å². The number of thiophene rings is 1. The van der Waals surface area contributed by atoms with Gasteiger partial charge in [0.15, 0.2) is 5.82 Å². The molecule has 0 spiro atoms. The molecule has 0 radical (unpaired) electrons. The maximum atomic E-state index is 12.6. The molecule has 6 nitrogen and oxygen atoms in total. The number of aromatic nitrogens is 4. The first-order chi connectivity index (χ1) is 11.4. The molecule has 0 saturated heterocycles. The second-order valence-electron chi connectivity index (χ2n) is 5.72. The Morgan fingerprint density at radius 2 is 2.00 bits per heavy atom. The number of nitrogens with one attached hydrogen (secondary N) is 1. The third kappa shape index (κ3) is 3.35. The number of carbonyl (C=O) groups excluding carboxylic acids is 1. The fourth-order valence-corrected chi connectivity index (χ4v) is 3.25. The van der Waals surface area contributed by atoms with Crippen molar-refractivity contribution >= 4 is 23.1 Å². The van der Waals surface area contributed by atoms with E-state index >= 15 is 0 Å². The monoisotopic (exact) mass is 341 g/mol. The van der Waals surface area contributed by atoms with Crippen molar-refractivity contribution in [3.05, 3.63) is 51.7 Å². The van der Waals surface area contributed by atoms with E-state index in [4.69, 9.17) is 0 Å². The Bertz CT molecular complexity index is 849. The fraction of sp³-hybridized carbons (Fsp3) is 0.294. The predicted molar refractivity (Wildman–Crippen MR) is 94.7 cm³/mol. The van der Waals surface area contributed by atoms with E-state index in [1.807, 2.05) is 57.3 Å². The maximum absolute atomic E-state index is 12.6. The molecule has 0 bridgehead atoms. The zero-order valence-electron chi connectivity index (χ0n) is 14.1. The molecule has 0 unspecified atom stereocenters. The van der Waals surface area contributed by atoms with Crippen LogP contribution < -0.4 is 5.32 Å². The molecular weight excluding hydrogens is 322 g/mol. The predicted octanol–water partition coefficient (Wildman–Crippen LogP) is 3.39. The van der Waals surface area contributed by atoms with Crippen LogP contribution >= 0.6 is 11.3 Å². The van der Waals surface area contributed by atoms with Crippen molar-refractivity contribution in [1.29, 1.82) is 0 Å². The molecule has 3 aromatic rings. The summed E-state index contributed by atoms with van der Waals surface area (Å²) < 4.78 is 1.65. The number of nitrogens with zero attached hydrogens (tertiary/aromatic N) is 4. The number of aryl methyl sites for hydroxylation is 3. The third-order valence-electron chi connectivity index (χ3n) is 3.62. The first-order valence-electron chi connectivity index (χ1n) is 7.67. The van der Waals surface area contributed by atoms with Crippen LogP contribution in [-0.2, 0) is 4.79 Å². The summed E-state index contributed by atoms with van der Waals surface area (Å²) in [5.74, 6) is 1.64. The van der Waals surface area contributed by atoms with Gasteiger partial charge in [0, 0.05) is 22.7 Å². The lowest BCUT2D eigenvalue weighted by Gasteiger charge is -2.12. The van der Waals surface area contributed by atoms with Crippen LogP contribution in [0.2, 0.25) is 0 Å². The van der Waals surface area contributed by atoms with Crippen LogP contribution in [0, 0.1) is 20.8 Å². The SMILES string of the molecule is Cc1cc(-n2nc(C)cc2NC(=O)[C@@H](C)c2cccs2)nc(C)n1. The van der Waals surface area contributed by atoms with Gasteiger partial charge in [-0.3, -0.25) is 4.79 Å². The molecule has 24 heavy (non-hydrogen) atoms. The van der Waals surface area contributed by atoms with Crippen molar-refractivity contribution in [2.24, 2.45) is 0 Å². The van der Waals surface area contributed by atoms with E-state index < -0.39 is 0 Å². The summed E-state index contributed by atoms with van der Waals surface area (Å²) >= 11 is 1.58. The van der Waals surface area contributed by atoms with E-state index in [9.17, 15) is 4.79 Å². The number of carbonyl (C=O) groups is 1. The molecule has 0 aliphatic carbocycles. The zero-order chi connectivity index (χ0) is 17.3. The molecule has 0 fully saturated rings. The fourth-order valence-electron chi connectivity index (χ4n) is 2.47. The number of anilines is 1. The van der Waals surface area contributed by atoms with Crippen LogP contribution in [0.5, 0.6) is 0 Å². The second kappa shape index (κ2) is 6.52. The normalized spacial score (nSPS) is 12.2. The molecule has 124 valence electrons. The average Bonchev–Trinajstić information content (AvgIpc) is 3.15. The summed E-state index contributed by atoms with van der Waals surface area (Å²) in [6.07, 6.45) is 0. The Balaban J connectivity index is 1.90. The molecule has 0 aliphatic rings. The Kier molecular flexibility index (Phi) is 4.44. The van der Waals surface area contributed by atoms with E-state index in [0.717, 1.165) is 16.3 Å². The van der Waals surface area contributed by atoms with E-state index in [1.165, 1.54) is 0 Å². The smallest absolute Gasteiger partial charge is 0.233 e. The van der Waals surface area contributed by atoms with Gasteiger partial charge in [-0.25, -0.2) is 9.97 Å². The van der Waals surface area contributed by atoms with Gasteiger partial charge in [-0.05, 0) is 39.1 Å². The van der Waals surface area contributed by atoms with Crippen LogP contribution in [0.3, 0.4) is 0 Å². The molecule has 0 aliphatic heterocycles. The quantitative estimate of drug-likeness (QED) is 0.789. The van der Waals surface area contributed by atoms with Crippen molar-refractivity contribution in [2.45, 2.75) is 33.6 Å². The third-order valence-corrected chi connectivity index (χ3v) is 4.67. The minimum absolute atomic E-state index is 0.0684. The Morgan fingerprint density at radius 3 is 2.67 bits per heavy atom. The summed E-state index contributed by atoms with van der Waals surface area (Å²) in [6.45, 7) is 7.53. The molecule has 3 heterocycles. The Hall–Kier alpha value is -2.54. The minimum Gasteiger partial charge on any atom is -0.310 e. The molecular formula is C17H19N5OS. The lowest BCUT2D eigenvalue weighted by atomic mass is 10.1. The van der Waals surface area contributed by atoms with E-state index in [1.54, 1.807) is 16.0 Å². The molecule has 1 amide bonds. The first-order valence-corrected chi connectivity index (χ1v) is 8.55. The van der Waals surface area contributed by atoms with Crippen molar-refractivity contribution in [1.82, 2.24) is 19.7 Å². The highest BCUT2D eigenvalue weighted by molar-refractivity contribution is 7.10. The number of amides is 1. The van der Waals surface area contributed by atoms with Gasteiger partial charge in [-0.1, -0.05) is 6.07 Å². The second-order valence-corrected chi connectivity index (χ2v) is 6.70. The van der Waals surface area contributed by atoms with Crippen LogP contribution in [0.25, 0.3) is 5.82 Å². The van der Waals surface area contributed by atoms with Crippen molar-refractivity contribution < 1.29 is 4.79 Å². The van der Waals surface area contributed by atoms with E-state index in [0.29, 0.717) is 17.5 Å². The average molecular weight is 341 g/mol. The maximum Gasteiger partial charge on any atom is 0.233 e. The Morgan fingerprint density at radius 1 is 1.21 bits per heavy atom. The van der Waals surface area contributed by atoms with E-state index in [2.05, 4.69) is 20.4 Å². The van der Waals surface area contributed by atoms with Gasteiger partial charge in [-0.2, -0.15) is 9.78 Å². The van der Waals surface area contributed by atoms with E-state index in [-0.39, 0.29) is 11.8 Å². The molecule has 1 N–H and O–H groups in total. The number of rotatable bonds is 4. The van der Waals surface area contributed by atoms with Crippen LogP contribution in [0.1, 0.15) is 34.9 Å². The van der Waals surface area contributed by atoms with Crippen molar-refractivity contribution in [2.75, 3.05) is 5.32 Å². The summed E-state index contributed by atoms with van der Waals surface area (Å²) in [4.78, 5) is 22.3. The van der Waals surface area contributed by atoms with Gasteiger partial charge in [0.1, 0.15) is 11.6 Å². The van der Waals surface area contributed by atoms with Gasteiger partial charge in [0.05, 0.1) is 11.6 Å². The van der Waals surface area contributed by atoms with Gasteiger partial charge in [0.2, 0.25) is 5.91 Å². The molecule has 0 saturated carbocycles. The van der Waals surface area contributed by atoms with Gasteiger partial charge in [0.25, 0.3) is 0 Å². The van der Waals surface area contributed by atoms with Gasteiger partial charge < -0.3 is 5.32 Å². The summed E-state index contributed by atoms with van der Waals surface area (Å²) in [7, 11) is 0. The Labute approximate surface area is 144 Å². The lowest BCUT2D eigenvalue weighted by Crippen LogP contribution is -2.20. The highest BCUT2D eigenvalue weighted by atomic mass is 32.1. The van der Waals surface area contributed by atoms with Crippen molar-refractivity contribution in [3.63, 3.8) is 0 Å². The topological polar surface area (TPSA) is 72.7 Å².